The zero-order valence-electron chi connectivity index (χ0n) is 27.8. The van der Waals surface area contributed by atoms with Crippen LogP contribution in [0.25, 0.3) is 11.6 Å². The number of aromatic amines is 1. The first kappa shape index (κ1) is 34.7. The second kappa shape index (κ2) is 13.9. The van der Waals surface area contributed by atoms with Crippen molar-refractivity contribution in [2.45, 2.75) is 93.0 Å². The summed E-state index contributed by atoms with van der Waals surface area (Å²) >= 11 is 0. The topological polar surface area (TPSA) is 130 Å². The molecule has 2 amide bonds. The van der Waals surface area contributed by atoms with Gasteiger partial charge in [-0.25, -0.2) is 0 Å². The fraction of sp³-hybridized carbons (Fsp3) is 0.529. The van der Waals surface area contributed by atoms with Crippen molar-refractivity contribution in [2.24, 2.45) is 0 Å². The summed E-state index contributed by atoms with van der Waals surface area (Å²) in [7, 11) is 0. The van der Waals surface area contributed by atoms with Crippen LogP contribution >= 0.6 is 0 Å². The average Bonchev–Trinajstić information content (AvgIpc) is 3.43. The van der Waals surface area contributed by atoms with Crippen molar-refractivity contribution in [1.29, 1.82) is 0 Å². The number of Topliss-reactive ketones (excluding diaryl/α,β-unsaturated/α-hetero) is 2. The molecular formula is C34H48N4O6. The largest absolute Gasteiger partial charge is 0.480 e. The predicted octanol–water partition coefficient (Wildman–Crippen LogP) is 5.09. The quantitative estimate of drug-likeness (QED) is 0.240. The molecule has 0 bridgehead atoms. The summed E-state index contributed by atoms with van der Waals surface area (Å²) < 4.78 is 12.1. The Morgan fingerprint density at radius 2 is 1.75 bits per heavy atom. The Hall–Kier alpha value is -3.76. The summed E-state index contributed by atoms with van der Waals surface area (Å²) in [5.74, 6) is -0.510. The number of anilines is 1. The van der Waals surface area contributed by atoms with Gasteiger partial charge < -0.3 is 30.0 Å². The number of ether oxygens (including phenoxy) is 2. The molecule has 10 nitrogen and oxygen atoms in total. The number of hydrogen-bond donors (Lipinski definition) is 3. The normalized spacial score (nSPS) is 16.0. The Morgan fingerprint density at radius 3 is 2.34 bits per heavy atom. The van der Waals surface area contributed by atoms with E-state index in [1.807, 2.05) is 20.8 Å². The van der Waals surface area contributed by atoms with Crippen LogP contribution in [0.4, 0.5) is 5.69 Å². The number of rotatable bonds is 15. The first-order valence-corrected chi connectivity index (χ1v) is 15.4. The van der Waals surface area contributed by atoms with Gasteiger partial charge in [0.1, 0.15) is 17.5 Å². The van der Waals surface area contributed by atoms with Crippen molar-refractivity contribution in [3.8, 4) is 5.75 Å². The molecule has 2 atom stereocenters. The first-order chi connectivity index (χ1) is 20.6. The molecule has 1 aliphatic rings. The maximum Gasteiger partial charge on any atom is 0.256 e. The lowest BCUT2D eigenvalue weighted by Gasteiger charge is -2.33. The Morgan fingerprint density at radius 1 is 1.09 bits per heavy atom. The van der Waals surface area contributed by atoms with Gasteiger partial charge in [-0.3, -0.25) is 19.2 Å². The summed E-state index contributed by atoms with van der Waals surface area (Å²) in [6.45, 7) is 20.9. The highest BCUT2D eigenvalue weighted by atomic mass is 16.5. The zero-order chi connectivity index (χ0) is 33.0. The molecule has 240 valence electrons. The van der Waals surface area contributed by atoms with Crippen molar-refractivity contribution in [3.63, 3.8) is 0 Å². The number of nitrogens with zero attached hydrogens (tertiary/aromatic N) is 1. The minimum Gasteiger partial charge on any atom is -0.480 e. The van der Waals surface area contributed by atoms with Gasteiger partial charge in [-0.2, -0.15) is 0 Å². The number of H-pyrrole nitrogens is 1. The number of fused-ring (bicyclic) bond motifs is 1. The van der Waals surface area contributed by atoms with Crippen LogP contribution < -0.4 is 15.4 Å². The molecule has 0 aliphatic carbocycles. The standard InChI is InChI=1S/C34H48N4O6/c1-11-34(10,23(7)39)43-22(6)30(40)33(8,9)44-24-14-15-27-25(18-24)26(31(41)37-27)19-28-20(4)29(21(5)36-28)32(42)35-16-17-38(12-2)13-3/h14-15,18-19,22,36H,11-13,16-17H2,1-10H3,(H,35,42)(H,37,41)/b26-19-/t22-,34?/m0/s1. The Labute approximate surface area is 260 Å². The van der Waals surface area contributed by atoms with Crippen LogP contribution in [0.5, 0.6) is 5.75 Å². The van der Waals surface area contributed by atoms with Crippen LogP contribution in [-0.2, 0) is 19.1 Å². The van der Waals surface area contributed by atoms with E-state index in [-0.39, 0.29) is 23.4 Å². The number of likely N-dealkylation sites (N-methyl/N-ethyl adjacent to an activating group) is 1. The number of aromatic nitrogens is 1. The lowest BCUT2D eigenvalue weighted by molar-refractivity contribution is -0.162. The van der Waals surface area contributed by atoms with Crippen LogP contribution in [0, 0.1) is 13.8 Å². The van der Waals surface area contributed by atoms with Crippen molar-refractivity contribution in [2.75, 3.05) is 31.5 Å². The molecule has 0 spiro atoms. The summed E-state index contributed by atoms with van der Waals surface area (Å²) in [4.78, 5) is 57.1. The van der Waals surface area contributed by atoms with Crippen LogP contribution in [0.15, 0.2) is 18.2 Å². The second-order valence-corrected chi connectivity index (χ2v) is 12.0. The molecule has 0 radical (unpaired) electrons. The van der Waals surface area contributed by atoms with Crippen LogP contribution in [0.2, 0.25) is 0 Å². The van der Waals surface area contributed by atoms with Crippen LogP contribution in [0.1, 0.15) is 94.7 Å². The van der Waals surface area contributed by atoms with E-state index >= 15 is 0 Å². The smallest absolute Gasteiger partial charge is 0.256 e. The van der Waals surface area contributed by atoms with Gasteiger partial charge in [-0.1, -0.05) is 20.8 Å². The van der Waals surface area contributed by atoms with E-state index < -0.39 is 17.3 Å². The van der Waals surface area contributed by atoms with E-state index in [2.05, 4.69) is 34.4 Å². The molecule has 3 rings (SSSR count). The Bertz CT molecular complexity index is 1450. The molecule has 0 saturated heterocycles. The van der Waals surface area contributed by atoms with Crippen molar-refractivity contribution >= 4 is 40.7 Å². The average molecular weight is 609 g/mol. The molecule has 1 aromatic carbocycles. The number of ketones is 2. The van der Waals surface area contributed by atoms with Gasteiger partial charge in [-0.05, 0) is 97.8 Å². The minimum atomic E-state index is -1.28. The van der Waals surface area contributed by atoms with E-state index in [1.165, 1.54) is 6.92 Å². The summed E-state index contributed by atoms with van der Waals surface area (Å²) in [5, 5.41) is 5.88. The summed E-state index contributed by atoms with van der Waals surface area (Å²) in [6.07, 6.45) is 1.29. The van der Waals surface area contributed by atoms with Crippen molar-refractivity contribution in [3.05, 3.63) is 46.3 Å². The number of carbonyl (C=O) groups excluding carboxylic acids is 4. The number of nitrogens with one attached hydrogen (secondary N) is 3. The number of amides is 2. The van der Waals surface area contributed by atoms with Gasteiger partial charge in [0.05, 0.1) is 11.1 Å². The molecule has 1 aromatic heterocycles. The molecule has 0 fully saturated rings. The van der Waals surface area contributed by atoms with Gasteiger partial charge in [0.25, 0.3) is 11.8 Å². The fourth-order valence-electron chi connectivity index (χ4n) is 5.43. The maximum absolute atomic E-state index is 13.4. The third kappa shape index (κ3) is 7.47. The van der Waals surface area contributed by atoms with E-state index in [1.54, 1.807) is 52.0 Å². The Kier molecular flexibility index (Phi) is 11.0. The SMILES string of the molecule is CCN(CC)CCNC(=O)c1c(C)[nH]c(/C=C2\C(=O)Nc3ccc(OC(C)(C)C(=O)[C@H](C)OC(C)(CC)C(C)=O)cc32)c1C. The molecule has 3 N–H and O–H groups in total. The van der Waals surface area contributed by atoms with Crippen molar-refractivity contribution in [1.82, 2.24) is 15.2 Å². The molecule has 2 aromatic rings. The predicted molar refractivity (Wildman–Crippen MR) is 173 cm³/mol. The van der Waals surface area contributed by atoms with Crippen molar-refractivity contribution < 1.29 is 28.7 Å². The third-order valence-corrected chi connectivity index (χ3v) is 8.57. The molecular weight excluding hydrogens is 560 g/mol. The summed E-state index contributed by atoms with van der Waals surface area (Å²) in [5.41, 5.74) is 1.98. The highest BCUT2D eigenvalue weighted by molar-refractivity contribution is 6.35. The molecule has 1 unspecified atom stereocenters. The maximum atomic E-state index is 13.4. The third-order valence-electron chi connectivity index (χ3n) is 8.57. The lowest BCUT2D eigenvalue weighted by Crippen LogP contribution is -2.49. The van der Waals surface area contributed by atoms with E-state index in [9.17, 15) is 19.2 Å². The fourth-order valence-corrected chi connectivity index (χ4v) is 5.43. The Balaban J connectivity index is 1.83. The number of aryl methyl sites for hydroxylation is 1. The highest BCUT2D eigenvalue weighted by Gasteiger charge is 2.39. The highest BCUT2D eigenvalue weighted by Crippen LogP contribution is 2.37. The van der Waals surface area contributed by atoms with E-state index in [0.717, 1.165) is 25.2 Å². The van der Waals surface area contributed by atoms with Gasteiger partial charge in [-0.15, -0.1) is 0 Å². The van der Waals surface area contributed by atoms with Gasteiger partial charge in [0, 0.05) is 35.7 Å². The molecule has 1 aliphatic heterocycles. The van der Waals surface area contributed by atoms with E-state index in [0.29, 0.717) is 52.5 Å². The lowest BCUT2D eigenvalue weighted by atomic mass is 9.95. The first-order valence-electron chi connectivity index (χ1n) is 15.4. The molecule has 0 saturated carbocycles. The van der Waals surface area contributed by atoms with E-state index in [4.69, 9.17) is 9.47 Å². The summed E-state index contributed by atoms with van der Waals surface area (Å²) in [6, 6.07) is 5.14. The molecule has 44 heavy (non-hydrogen) atoms. The number of benzene rings is 1. The number of hydrogen-bond acceptors (Lipinski definition) is 7. The van der Waals surface area contributed by atoms with Crippen LogP contribution in [-0.4, -0.2) is 76.7 Å². The second-order valence-electron chi connectivity index (χ2n) is 12.0. The molecule has 10 heteroatoms. The number of carbonyl (C=O) groups is 4. The van der Waals surface area contributed by atoms with Gasteiger partial charge in [0.15, 0.2) is 11.4 Å². The minimum absolute atomic E-state index is 0.149. The van der Waals surface area contributed by atoms with Gasteiger partial charge >= 0.3 is 0 Å². The molecule has 2 heterocycles. The van der Waals surface area contributed by atoms with Crippen LogP contribution in [0.3, 0.4) is 0 Å². The zero-order valence-corrected chi connectivity index (χ0v) is 27.8. The van der Waals surface area contributed by atoms with Gasteiger partial charge in [0.2, 0.25) is 5.78 Å². The monoisotopic (exact) mass is 608 g/mol.